The normalized spacial score (nSPS) is 11.6. The molecule has 7 nitrogen and oxygen atoms in total. The van der Waals surface area contributed by atoms with Crippen molar-refractivity contribution in [2.45, 2.75) is 11.8 Å². The summed E-state index contributed by atoms with van der Waals surface area (Å²) in [5.41, 5.74) is 0.742. The second kappa shape index (κ2) is 8.29. The highest BCUT2D eigenvalue weighted by atomic mass is 35.5. The first-order chi connectivity index (χ1) is 15.0. The number of aryl methyl sites for hydroxylation is 1. The third kappa shape index (κ3) is 4.40. The number of rotatable bonds is 4. The molecule has 3 aromatic carbocycles. The van der Waals surface area contributed by atoms with Crippen molar-refractivity contribution in [2.75, 3.05) is 4.72 Å². The number of aromatic amines is 2. The minimum atomic E-state index is -4.03. The maximum absolute atomic E-state index is 13.0. The monoisotopic (exact) mass is 509 g/mol. The zero-order valence-electron chi connectivity index (χ0n) is 16.3. The molecule has 0 atom stereocenters. The summed E-state index contributed by atoms with van der Waals surface area (Å²) in [5, 5.41) is 1.18. The highest BCUT2D eigenvalue weighted by Crippen LogP contribution is 2.34. The molecule has 0 saturated heterocycles. The van der Waals surface area contributed by atoms with Crippen molar-refractivity contribution in [3.05, 3.63) is 89.9 Å². The Kier molecular flexibility index (Phi) is 5.81. The number of sulfonamides is 1. The van der Waals surface area contributed by atoms with E-state index in [0.29, 0.717) is 37.3 Å². The van der Waals surface area contributed by atoms with Crippen LogP contribution in [-0.2, 0) is 10.0 Å². The van der Waals surface area contributed by atoms with Crippen LogP contribution in [0.4, 0.5) is 5.69 Å². The van der Waals surface area contributed by atoms with Crippen LogP contribution in [0.3, 0.4) is 0 Å². The largest absolute Gasteiger partial charge is 0.316 e. The first kappa shape index (κ1) is 22.4. The summed E-state index contributed by atoms with van der Waals surface area (Å²) in [6, 6.07) is 12.4. The van der Waals surface area contributed by atoms with Gasteiger partial charge in [-0.05, 0) is 60.5 Å². The van der Waals surface area contributed by atoms with Crippen molar-refractivity contribution in [1.82, 2.24) is 9.97 Å². The van der Waals surface area contributed by atoms with Crippen LogP contribution in [0.25, 0.3) is 22.2 Å². The van der Waals surface area contributed by atoms with Crippen molar-refractivity contribution in [2.24, 2.45) is 0 Å². The van der Waals surface area contributed by atoms with Gasteiger partial charge in [-0.25, -0.2) is 8.42 Å². The van der Waals surface area contributed by atoms with Crippen LogP contribution in [0, 0.1) is 6.92 Å². The van der Waals surface area contributed by atoms with Crippen LogP contribution in [0.15, 0.2) is 63.0 Å². The van der Waals surface area contributed by atoms with E-state index in [9.17, 15) is 18.0 Å². The SMILES string of the molecule is Cc1cc2[nH]c(=O)c(=O)[nH]c2cc1S(=O)(=O)Nc1ccc(-c2cc(Cl)cc(Cl)c2)c(Cl)c1. The van der Waals surface area contributed by atoms with Crippen LogP contribution in [0.2, 0.25) is 15.1 Å². The Morgan fingerprint density at radius 3 is 2.00 bits per heavy atom. The van der Waals surface area contributed by atoms with Gasteiger partial charge in [0.15, 0.2) is 0 Å². The number of halogens is 3. The Bertz CT molecular complexity index is 1590. The van der Waals surface area contributed by atoms with Crippen LogP contribution in [0.5, 0.6) is 0 Å². The first-order valence-electron chi connectivity index (χ1n) is 9.09. The number of anilines is 1. The van der Waals surface area contributed by atoms with Crippen LogP contribution < -0.4 is 15.8 Å². The molecule has 1 heterocycles. The van der Waals surface area contributed by atoms with E-state index in [1.807, 2.05) is 0 Å². The summed E-state index contributed by atoms with van der Waals surface area (Å²) in [7, 11) is -4.03. The number of aromatic nitrogens is 2. The van der Waals surface area contributed by atoms with E-state index in [2.05, 4.69) is 14.7 Å². The van der Waals surface area contributed by atoms with Gasteiger partial charge in [-0.1, -0.05) is 40.9 Å². The number of H-pyrrole nitrogens is 2. The smallest absolute Gasteiger partial charge is 0.314 e. The van der Waals surface area contributed by atoms with Gasteiger partial charge in [-0.3, -0.25) is 14.3 Å². The van der Waals surface area contributed by atoms with E-state index in [1.54, 1.807) is 37.3 Å². The molecule has 4 aromatic rings. The number of nitrogens with one attached hydrogen (secondary N) is 3. The molecule has 0 saturated carbocycles. The molecule has 0 amide bonds. The van der Waals surface area contributed by atoms with Crippen molar-refractivity contribution >= 4 is 61.5 Å². The molecule has 11 heteroatoms. The third-order valence-corrected chi connectivity index (χ3v) is 6.97. The van der Waals surface area contributed by atoms with Crippen molar-refractivity contribution < 1.29 is 8.42 Å². The molecule has 0 aliphatic heterocycles. The van der Waals surface area contributed by atoms with Gasteiger partial charge in [0.25, 0.3) is 10.0 Å². The Morgan fingerprint density at radius 2 is 1.41 bits per heavy atom. The average Bonchev–Trinajstić information content (AvgIpc) is 2.67. The fourth-order valence-electron chi connectivity index (χ4n) is 3.27. The second-order valence-electron chi connectivity index (χ2n) is 7.03. The van der Waals surface area contributed by atoms with Crippen LogP contribution in [0.1, 0.15) is 5.56 Å². The lowest BCUT2D eigenvalue weighted by Crippen LogP contribution is -2.29. The fourth-order valence-corrected chi connectivity index (χ4v) is 5.39. The van der Waals surface area contributed by atoms with Gasteiger partial charge in [0.2, 0.25) is 0 Å². The molecule has 4 rings (SSSR count). The molecule has 0 spiro atoms. The predicted octanol–water partition coefficient (Wildman–Crippen LogP) is 4.95. The molecule has 0 unspecified atom stereocenters. The number of hydrogen-bond acceptors (Lipinski definition) is 4. The summed E-state index contributed by atoms with van der Waals surface area (Å²) < 4.78 is 28.5. The topological polar surface area (TPSA) is 112 Å². The predicted molar refractivity (Wildman–Crippen MR) is 128 cm³/mol. The number of benzene rings is 3. The second-order valence-corrected chi connectivity index (χ2v) is 9.96. The van der Waals surface area contributed by atoms with E-state index >= 15 is 0 Å². The minimum absolute atomic E-state index is 0.0606. The lowest BCUT2D eigenvalue weighted by atomic mass is 10.1. The standard InChI is InChI=1S/C21H14Cl3N3O4S/c1-10-4-17-18(26-21(29)20(28)25-17)9-19(10)32(30,31)27-14-2-3-15(16(24)8-14)11-5-12(22)7-13(23)6-11/h2-9,27H,1H3,(H,25,28)(H,26,29). The quantitative estimate of drug-likeness (QED) is 0.337. The molecule has 1 aromatic heterocycles. The van der Waals surface area contributed by atoms with Crippen molar-refractivity contribution in [3.63, 3.8) is 0 Å². The first-order valence-corrected chi connectivity index (χ1v) is 11.7. The van der Waals surface area contributed by atoms with Gasteiger partial charge in [0.05, 0.1) is 26.6 Å². The maximum atomic E-state index is 13.0. The fraction of sp³-hybridized carbons (Fsp3) is 0.0476. The van der Waals surface area contributed by atoms with E-state index in [-0.39, 0.29) is 16.1 Å². The lowest BCUT2D eigenvalue weighted by Gasteiger charge is -2.13. The summed E-state index contributed by atoms with van der Waals surface area (Å²) in [5.74, 6) is 0. The van der Waals surface area contributed by atoms with Crippen LogP contribution >= 0.6 is 34.8 Å². The van der Waals surface area contributed by atoms with Crippen LogP contribution in [-0.4, -0.2) is 18.4 Å². The Balaban J connectivity index is 1.71. The molecule has 0 fully saturated rings. The van der Waals surface area contributed by atoms with Gasteiger partial charge < -0.3 is 9.97 Å². The zero-order valence-corrected chi connectivity index (χ0v) is 19.4. The third-order valence-electron chi connectivity index (χ3n) is 4.70. The van der Waals surface area contributed by atoms with E-state index in [0.717, 1.165) is 0 Å². The molecule has 0 radical (unpaired) electrons. The summed E-state index contributed by atoms with van der Waals surface area (Å²) in [6.45, 7) is 1.58. The highest BCUT2D eigenvalue weighted by molar-refractivity contribution is 7.92. The zero-order chi connectivity index (χ0) is 23.2. The van der Waals surface area contributed by atoms with Gasteiger partial charge in [0.1, 0.15) is 0 Å². The van der Waals surface area contributed by atoms with Gasteiger partial charge in [-0.15, -0.1) is 0 Å². The lowest BCUT2D eigenvalue weighted by molar-refractivity contribution is 0.600. The molecule has 164 valence electrons. The number of fused-ring (bicyclic) bond motifs is 1. The molecule has 32 heavy (non-hydrogen) atoms. The molecule has 0 aliphatic carbocycles. The highest BCUT2D eigenvalue weighted by Gasteiger charge is 2.19. The molecular formula is C21H14Cl3N3O4S. The molecule has 0 bridgehead atoms. The van der Waals surface area contributed by atoms with E-state index < -0.39 is 21.1 Å². The van der Waals surface area contributed by atoms with E-state index in [1.165, 1.54) is 18.2 Å². The van der Waals surface area contributed by atoms with E-state index in [4.69, 9.17) is 34.8 Å². The van der Waals surface area contributed by atoms with Crippen molar-refractivity contribution in [3.8, 4) is 11.1 Å². The Labute approximate surface area is 197 Å². The van der Waals surface area contributed by atoms with Gasteiger partial charge >= 0.3 is 11.1 Å². The molecule has 0 aliphatic rings. The van der Waals surface area contributed by atoms with Gasteiger partial charge in [0, 0.05) is 15.6 Å². The Hall–Kier alpha value is -2.78. The number of hydrogen-bond donors (Lipinski definition) is 3. The van der Waals surface area contributed by atoms with Crippen molar-refractivity contribution in [1.29, 1.82) is 0 Å². The molecular weight excluding hydrogens is 497 g/mol. The Morgan fingerprint density at radius 1 is 0.812 bits per heavy atom. The summed E-state index contributed by atoms with van der Waals surface area (Å²) >= 11 is 18.5. The average molecular weight is 511 g/mol. The summed E-state index contributed by atoms with van der Waals surface area (Å²) in [4.78, 5) is 27.8. The van der Waals surface area contributed by atoms with Gasteiger partial charge in [-0.2, -0.15) is 0 Å². The maximum Gasteiger partial charge on any atom is 0.314 e. The summed E-state index contributed by atoms with van der Waals surface area (Å²) in [6.07, 6.45) is 0. The molecule has 3 N–H and O–H groups in total. The minimum Gasteiger partial charge on any atom is -0.316 e.